The van der Waals surface area contributed by atoms with Gasteiger partial charge in [-0.05, 0) is 6.42 Å². The summed E-state index contributed by atoms with van der Waals surface area (Å²) < 4.78 is 1.21. The van der Waals surface area contributed by atoms with Crippen molar-refractivity contribution < 1.29 is 0 Å². The second-order valence-corrected chi connectivity index (χ2v) is 5.29. The summed E-state index contributed by atoms with van der Waals surface area (Å²) in [5.41, 5.74) is -0.739. The lowest BCUT2D eigenvalue weighted by atomic mass is 10.1. The first-order valence-corrected chi connectivity index (χ1v) is 7.52. The zero-order valence-corrected chi connectivity index (χ0v) is 12.3. The summed E-state index contributed by atoms with van der Waals surface area (Å²) >= 11 is 5.60. The van der Waals surface area contributed by atoms with E-state index in [1.165, 1.54) is 49.2 Å². The Kier molecular flexibility index (Phi) is 7.56. The molecule has 4 nitrogen and oxygen atoms in total. The Hall–Kier alpha value is -1.03. The Balaban J connectivity index is 2.23. The Morgan fingerprint density at radius 2 is 1.63 bits per heavy atom. The van der Waals surface area contributed by atoms with Crippen LogP contribution in [0, 0.1) is 0 Å². The third kappa shape index (κ3) is 6.10. The molecule has 1 aromatic rings. The second kappa shape index (κ2) is 8.97. The first kappa shape index (κ1) is 16.0. The molecule has 19 heavy (non-hydrogen) atoms. The predicted molar refractivity (Wildman–Crippen MR) is 78.9 cm³/mol. The zero-order valence-electron chi connectivity index (χ0n) is 11.6. The Morgan fingerprint density at radius 1 is 1.05 bits per heavy atom. The van der Waals surface area contributed by atoms with Gasteiger partial charge in [0.25, 0.3) is 5.56 Å². The number of hydrogen-bond donors (Lipinski definition) is 1. The standard InChI is InChI=1S/C14H23ClN2O2/c1-2-3-4-5-6-7-8-9-10-17-13(18)11-12(15)16-14(17)19/h11H,2-10H2,1H3,(H,16,19). The molecule has 1 aromatic heterocycles. The Labute approximate surface area is 118 Å². The monoisotopic (exact) mass is 286 g/mol. The molecule has 0 aliphatic heterocycles. The molecule has 0 bridgehead atoms. The third-order valence-electron chi connectivity index (χ3n) is 3.22. The lowest BCUT2D eigenvalue weighted by Crippen LogP contribution is -2.34. The van der Waals surface area contributed by atoms with E-state index in [4.69, 9.17) is 11.6 Å². The molecular weight excluding hydrogens is 264 g/mol. The van der Waals surface area contributed by atoms with Gasteiger partial charge in [0.2, 0.25) is 0 Å². The number of aromatic amines is 1. The molecule has 1 N–H and O–H groups in total. The van der Waals surface area contributed by atoms with Crippen molar-refractivity contribution in [3.8, 4) is 0 Å². The highest BCUT2D eigenvalue weighted by molar-refractivity contribution is 6.29. The number of nitrogens with zero attached hydrogens (tertiary/aromatic N) is 1. The van der Waals surface area contributed by atoms with Gasteiger partial charge in [-0.3, -0.25) is 14.3 Å². The van der Waals surface area contributed by atoms with Gasteiger partial charge in [-0.2, -0.15) is 0 Å². The second-order valence-electron chi connectivity index (χ2n) is 4.89. The fraction of sp³-hybridized carbons (Fsp3) is 0.714. The minimum absolute atomic E-state index is 0.0992. The van der Waals surface area contributed by atoms with Crippen molar-refractivity contribution in [2.75, 3.05) is 0 Å². The van der Waals surface area contributed by atoms with Gasteiger partial charge in [-0.25, -0.2) is 4.79 Å². The largest absolute Gasteiger partial charge is 0.329 e. The van der Waals surface area contributed by atoms with Crippen LogP contribution in [0.5, 0.6) is 0 Å². The summed E-state index contributed by atoms with van der Waals surface area (Å²) in [6.45, 7) is 2.68. The van der Waals surface area contributed by atoms with Gasteiger partial charge in [0.05, 0.1) is 0 Å². The summed E-state index contributed by atoms with van der Waals surface area (Å²) in [7, 11) is 0. The molecule has 0 spiro atoms. The molecule has 0 unspecified atom stereocenters. The average molecular weight is 287 g/mol. The summed E-state index contributed by atoms with van der Waals surface area (Å²) in [6, 6.07) is 1.24. The van der Waals surface area contributed by atoms with Crippen LogP contribution in [0.25, 0.3) is 0 Å². The summed E-state index contributed by atoms with van der Waals surface area (Å²) in [5, 5.41) is 0.0992. The SMILES string of the molecule is CCCCCCCCCCn1c(=O)cc(Cl)[nH]c1=O. The predicted octanol–water partition coefficient (Wildman–Crippen LogP) is 3.33. The summed E-state index contributed by atoms with van der Waals surface area (Å²) in [5.74, 6) is 0. The molecule has 1 rings (SSSR count). The topological polar surface area (TPSA) is 54.9 Å². The Morgan fingerprint density at radius 3 is 2.21 bits per heavy atom. The molecule has 0 saturated carbocycles. The molecule has 108 valence electrons. The first-order valence-electron chi connectivity index (χ1n) is 7.15. The minimum atomic E-state index is -0.416. The highest BCUT2D eigenvalue weighted by Gasteiger charge is 2.02. The summed E-state index contributed by atoms with van der Waals surface area (Å²) in [4.78, 5) is 25.5. The molecule has 0 saturated heterocycles. The van der Waals surface area contributed by atoms with Gasteiger partial charge >= 0.3 is 5.69 Å². The van der Waals surface area contributed by atoms with E-state index in [9.17, 15) is 9.59 Å². The van der Waals surface area contributed by atoms with Crippen LogP contribution in [0.1, 0.15) is 58.3 Å². The van der Waals surface area contributed by atoms with Crippen molar-refractivity contribution in [2.24, 2.45) is 0 Å². The number of unbranched alkanes of at least 4 members (excludes halogenated alkanes) is 7. The highest BCUT2D eigenvalue weighted by Crippen LogP contribution is 2.08. The van der Waals surface area contributed by atoms with Gasteiger partial charge in [0.15, 0.2) is 0 Å². The van der Waals surface area contributed by atoms with E-state index in [2.05, 4.69) is 11.9 Å². The third-order valence-corrected chi connectivity index (χ3v) is 3.43. The Bertz CT molecular complexity index is 448. The lowest BCUT2D eigenvalue weighted by Gasteiger charge is -2.04. The van der Waals surface area contributed by atoms with E-state index in [1.54, 1.807) is 0 Å². The van der Waals surface area contributed by atoms with Crippen molar-refractivity contribution in [3.05, 3.63) is 32.1 Å². The van der Waals surface area contributed by atoms with Crippen LogP contribution in [0.15, 0.2) is 15.7 Å². The molecule has 5 heteroatoms. The fourth-order valence-electron chi connectivity index (χ4n) is 2.11. The van der Waals surface area contributed by atoms with Gasteiger partial charge in [0, 0.05) is 12.6 Å². The van der Waals surface area contributed by atoms with Gasteiger partial charge in [0.1, 0.15) is 5.15 Å². The number of rotatable bonds is 9. The van der Waals surface area contributed by atoms with Crippen molar-refractivity contribution in [3.63, 3.8) is 0 Å². The minimum Gasteiger partial charge on any atom is -0.298 e. The maximum atomic E-state index is 11.6. The van der Waals surface area contributed by atoms with Crippen LogP contribution < -0.4 is 11.2 Å². The lowest BCUT2D eigenvalue weighted by molar-refractivity contribution is 0.526. The van der Waals surface area contributed by atoms with Crippen LogP contribution in [0.2, 0.25) is 5.15 Å². The van der Waals surface area contributed by atoms with Crippen molar-refractivity contribution in [1.29, 1.82) is 0 Å². The molecule has 0 aliphatic rings. The molecule has 0 aliphatic carbocycles. The van der Waals surface area contributed by atoms with Crippen molar-refractivity contribution >= 4 is 11.6 Å². The molecule has 0 fully saturated rings. The van der Waals surface area contributed by atoms with E-state index in [-0.39, 0.29) is 10.7 Å². The van der Waals surface area contributed by atoms with E-state index >= 15 is 0 Å². The number of halogens is 1. The maximum absolute atomic E-state index is 11.6. The zero-order chi connectivity index (χ0) is 14.1. The maximum Gasteiger partial charge on any atom is 0.329 e. The number of H-pyrrole nitrogens is 1. The van der Waals surface area contributed by atoms with Crippen LogP contribution in [0.4, 0.5) is 0 Å². The van der Waals surface area contributed by atoms with Crippen LogP contribution in [-0.2, 0) is 6.54 Å². The van der Waals surface area contributed by atoms with Crippen LogP contribution in [0.3, 0.4) is 0 Å². The van der Waals surface area contributed by atoms with Gasteiger partial charge < -0.3 is 0 Å². The van der Waals surface area contributed by atoms with Gasteiger partial charge in [-0.15, -0.1) is 0 Å². The molecule has 0 aromatic carbocycles. The van der Waals surface area contributed by atoms with E-state index < -0.39 is 5.69 Å². The quantitative estimate of drug-likeness (QED) is 0.559. The average Bonchev–Trinajstić information content (AvgIpc) is 2.35. The molecular formula is C14H23ClN2O2. The summed E-state index contributed by atoms with van der Waals surface area (Å²) in [6.07, 6.45) is 9.51. The van der Waals surface area contributed by atoms with Crippen LogP contribution in [-0.4, -0.2) is 9.55 Å². The van der Waals surface area contributed by atoms with E-state index in [0.29, 0.717) is 6.54 Å². The van der Waals surface area contributed by atoms with E-state index in [1.807, 2.05) is 0 Å². The number of nitrogens with one attached hydrogen (secondary N) is 1. The molecule has 1 heterocycles. The van der Waals surface area contributed by atoms with Crippen molar-refractivity contribution in [2.45, 2.75) is 64.8 Å². The van der Waals surface area contributed by atoms with Gasteiger partial charge in [-0.1, -0.05) is 63.5 Å². The van der Waals surface area contributed by atoms with Crippen molar-refractivity contribution in [1.82, 2.24) is 9.55 Å². The highest BCUT2D eigenvalue weighted by atomic mass is 35.5. The first-order chi connectivity index (χ1) is 9.15. The fourth-order valence-corrected chi connectivity index (χ4v) is 2.28. The van der Waals surface area contributed by atoms with Crippen LogP contribution >= 0.6 is 11.6 Å². The smallest absolute Gasteiger partial charge is 0.298 e. The number of hydrogen-bond acceptors (Lipinski definition) is 2. The molecule has 0 atom stereocenters. The van der Waals surface area contributed by atoms with E-state index in [0.717, 1.165) is 12.8 Å². The normalized spacial score (nSPS) is 10.8. The molecule has 0 radical (unpaired) electrons. The number of aromatic nitrogens is 2. The molecule has 0 amide bonds.